The number of benzene rings is 1. The molecule has 80 valence electrons. The first-order valence-corrected chi connectivity index (χ1v) is 4.82. The fraction of sp³-hybridized carbons (Fsp3) is 0.250. The number of allylic oxidation sites excluding steroid dienone is 1. The van der Waals surface area contributed by atoms with Gasteiger partial charge in [-0.2, -0.15) is 0 Å². The first kappa shape index (κ1) is 11.4. The quantitative estimate of drug-likeness (QED) is 0.755. The summed E-state index contributed by atoms with van der Waals surface area (Å²) >= 11 is 0. The van der Waals surface area contributed by atoms with E-state index < -0.39 is 5.97 Å². The van der Waals surface area contributed by atoms with Crippen LogP contribution in [0.4, 0.5) is 4.39 Å². The summed E-state index contributed by atoms with van der Waals surface area (Å²) in [6, 6.07) is 6.28. The van der Waals surface area contributed by atoms with Gasteiger partial charge in [0.2, 0.25) is 0 Å². The zero-order valence-corrected chi connectivity index (χ0v) is 8.32. The molecule has 0 aliphatic carbocycles. The van der Waals surface area contributed by atoms with Crippen LogP contribution < -0.4 is 0 Å². The van der Waals surface area contributed by atoms with Gasteiger partial charge in [0.15, 0.2) is 0 Å². The number of hydrogen-bond acceptors (Lipinski definition) is 1. The molecule has 0 aliphatic rings. The SMILES string of the molecule is O=C(O)CCCC=Cc1cccc(F)c1. The van der Waals surface area contributed by atoms with E-state index in [0.717, 1.165) is 5.56 Å². The number of unbranched alkanes of at least 4 members (excludes halogenated alkanes) is 1. The van der Waals surface area contributed by atoms with Crippen molar-refractivity contribution < 1.29 is 14.3 Å². The molecular formula is C12H13FO2. The standard InChI is InChI=1S/C12H13FO2/c13-11-7-4-6-10(9-11)5-2-1-3-8-12(14)15/h2,4-7,9H,1,3,8H2,(H,14,15). The van der Waals surface area contributed by atoms with E-state index in [4.69, 9.17) is 5.11 Å². The van der Waals surface area contributed by atoms with Gasteiger partial charge in [-0.05, 0) is 30.5 Å². The predicted octanol–water partition coefficient (Wildman–Crippen LogP) is 3.09. The van der Waals surface area contributed by atoms with E-state index in [1.54, 1.807) is 18.2 Å². The van der Waals surface area contributed by atoms with E-state index in [1.165, 1.54) is 12.1 Å². The molecule has 0 saturated heterocycles. The molecule has 1 rings (SSSR count). The molecule has 0 aliphatic heterocycles. The van der Waals surface area contributed by atoms with Crippen molar-refractivity contribution in [1.29, 1.82) is 0 Å². The second-order valence-corrected chi connectivity index (χ2v) is 3.24. The van der Waals surface area contributed by atoms with E-state index in [0.29, 0.717) is 12.8 Å². The van der Waals surface area contributed by atoms with E-state index >= 15 is 0 Å². The first-order valence-electron chi connectivity index (χ1n) is 4.82. The summed E-state index contributed by atoms with van der Waals surface area (Å²) in [6.45, 7) is 0. The van der Waals surface area contributed by atoms with Crippen LogP contribution in [0, 0.1) is 5.82 Å². The van der Waals surface area contributed by atoms with Gasteiger partial charge in [0.25, 0.3) is 0 Å². The van der Waals surface area contributed by atoms with E-state index in [-0.39, 0.29) is 12.2 Å². The summed E-state index contributed by atoms with van der Waals surface area (Å²) in [5, 5.41) is 8.39. The third-order valence-electron chi connectivity index (χ3n) is 1.92. The summed E-state index contributed by atoms with van der Waals surface area (Å²) < 4.78 is 12.7. The van der Waals surface area contributed by atoms with Crippen molar-refractivity contribution >= 4 is 12.0 Å². The molecule has 0 atom stereocenters. The highest BCUT2D eigenvalue weighted by Crippen LogP contribution is 2.07. The highest BCUT2D eigenvalue weighted by Gasteiger charge is 1.94. The molecule has 0 amide bonds. The normalized spacial score (nSPS) is 10.7. The van der Waals surface area contributed by atoms with Gasteiger partial charge in [-0.3, -0.25) is 4.79 Å². The number of carbonyl (C=O) groups is 1. The Labute approximate surface area is 88.1 Å². The lowest BCUT2D eigenvalue weighted by atomic mass is 10.1. The number of rotatable bonds is 5. The third-order valence-corrected chi connectivity index (χ3v) is 1.92. The zero-order chi connectivity index (χ0) is 11.1. The number of carboxylic acid groups (broad SMARTS) is 1. The Balaban J connectivity index is 2.35. The highest BCUT2D eigenvalue weighted by atomic mass is 19.1. The Morgan fingerprint density at radius 1 is 1.47 bits per heavy atom. The molecule has 0 fully saturated rings. The van der Waals surface area contributed by atoms with Gasteiger partial charge in [-0.25, -0.2) is 4.39 Å². The molecule has 1 N–H and O–H groups in total. The molecular weight excluding hydrogens is 195 g/mol. The average molecular weight is 208 g/mol. The molecule has 0 bridgehead atoms. The van der Waals surface area contributed by atoms with Crippen molar-refractivity contribution in [2.75, 3.05) is 0 Å². The lowest BCUT2D eigenvalue weighted by molar-refractivity contribution is -0.137. The van der Waals surface area contributed by atoms with Gasteiger partial charge in [0.05, 0.1) is 0 Å². The van der Waals surface area contributed by atoms with Crippen LogP contribution in [0.1, 0.15) is 24.8 Å². The number of aliphatic carboxylic acids is 1. The number of carboxylic acids is 1. The van der Waals surface area contributed by atoms with Gasteiger partial charge in [0, 0.05) is 6.42 Å². The Kier molecular flexibility index (Phi) is 4.54. The van der Waals surface area contributed by atoms with Gasteiger partial charge in [-0.1, -0.05) is 24.3 Å². The molecule has 0 unspecified atom stereocenters. The van der Waals surface area contributed by atoms with Crippen LogP contribution in [0.5, 0.6) is 0 Å². The number of halogens is 1. The van der Waals surface area contributed by atoms with Crippen LogP contribution in [0.15, 0.2) is 30.3 Å². The van der Waals surface area contributed by atoms with Gasteiger partial charge >= 0.3 is 5.97 Å². The Morgan fingerprint density at radius 2 is 2.27 bits per heavy atom. The van der Waals surface area contributed by atoms with Crippen LogP contribution in [-0.4, -0.2) is 11.1 Å². The van der Waals surface area contributed by atoms with Gasteiger partial charge < -0.3 is 5.11 Å². The summed E-state index contributed by atoms with van der Waals surface area (Å²) in [4.78, 5) is 10.2. The fourth-order valence-electron chi connectivity index (χ4n) is 1.20. The molecule has 1 aromatic carbocycles. The maximum atomic E-state index is 12.7. The summed E-state index contributed by atoms with van der Waals surface area (Å²) in [6.07, 6.45) is 5.14. The molecule has 0 heterocycles. The van der Waals surface area contributed by atoms with E-state index in [9.17, 15) is 9.18 Å². The third kappa shape index (κ3) is 4.96. The second kappa shape index (κ2) is 5.96. The van der Waals surface area contributed by atoms with Crippen molar-refractivity contribution in [1.82, 2.24) is 0 Å². The first-order chi connectivity index (χ1) is 7.18. The fourth-order valence-corrected chi connectivity index (χ4v) is 1.20. The van der Waals surface area contributed by atoms with Gasteiger partial charge in [0.1, 0.15) is 5.82 Å². The van der Waals surface area contributed by atoms with Crippen molar-refractivity contribution in [2.45, 2.75) is 19.3 Å². The number of hydrogen-bond donors (Lipinski definition) is 1. The minimum Gasteiger partial charge on any atom is -0.481 e. The molecule has 0 radical (unpaired) electrons. The smallest absolute Gasteiger partial charge is 0.303 e. The summed E-state index contributed by atoms with van der Waals surface area (Å²) in [5.74, 6) is -1.04. The maximum Gasteiger partial charge on any atom is 0.303 e. The average Bonchev–Trinajstić information content (AvgIpc) is 2.17. The van der Waals surface area contributed by atoms with Crippen LogP contribution in [0.25, 0.3) is 6.08 Å². The van der Waals surface area contributed by atoms with Crippen molar-refractivity contribution in [3.63, 3.8) is 0 Å². The van der Waals surface area contributed by atoms with Crippen LogP contribution in [0.3, 0.4) is 0 Å². The molecule has 1 aromatic rings. The van der Waals surface area contributed by atoms with Crippen molar-refractivity contribution in [2.24, 2.45) is 0 Å². The van der Waals surface area contributed by atoms with Crippen molar-refractivity contribution in [3.05, 3.63) is 41.7 Å². The minimum absolute atomic E-state index is 0.174. The monoisotopic (exact) mass is 208 g/mol. The van der Waals surface area contributed by atoms with E-state index in [1.807, 2.05) is 6.08 Å². The minimum atomic E-state index is -0.783. The van der Waals surface area contributed by atoms with Crippen molar-refractivity contribution in [3.8, 4) is 0 Å². The highest BCUT2D eigenvalue weighted by molar-refractivity contribution is 5.66. The molecule has 15 heavy (non-hydrogen) atoms. The largest absolute Gasteiger partial charge is 0.481 e. The lowest BCUT2D eigenvalue weighted by Crippen LogP contribution is -1.92. The van der Waals surface area contributed by atoms with Crippen LogP contribution in [0.2, 0.25) is 0 Å². The summed E-state index contributed by atoms with van der Waals surface area (Å²) in [7, 11) is 0. The topological polar surface area (TPSA) is 37.3 Å². The molecule has 3 heteroatoms. The Bertz CT molecular complexity index is 358. The van der Waals surface area contributed by atoms with E-state index in [2.05, 4.69) is 0 Å². The second-order valence-electron chi connectivity index (χ2n) is 3.24. The molecule has 0 aromatic heterocycles. The van der Waals surface area contributed by atoms with Crippen LogP contribution >= 0.6 is 0 Å². The summed E-state index contributed by atoms with van der Waals surface area (Å²) in [5.41, 5.74) is 0.797. The Hall–Kier alpha value is -1.64. The molecule has 0 saturated carbocycles. The maximum absolute atomic E-state index is 12.7. The predicted molar refractivity (Wildman–Crippen MR) is 56.9 cm³/mol. The Morgan fingerprint density at radius 3 is 2.93 bits per heavy atom. The molecule has 2 nitrogen and oxygen atoms in total. The zero-order valence-electron chi connectivity index (χ0n) is 8.32. The van der Waals surface area contributed by atoms with Gasteiger partial charge in [-0.15, -0.1) is 0 Å². The van der Waals surface area contributed by atoms with Crippen LogP contribution in [-0.2, 0) is 4.79 Å². The lowest BCUT2D eigenvalue weighted by Gasteiger charge is -1.93. The molecule has 0 spiro atoms.